The molecule has 1 aromatic heterocycles. The van der Waals surface area contributed by atoms with E-state index in [0.29, 0.717) is 16.6 Å². The molecule has 0 aliphatic carbocycles. The number of benzene rings is 1. The number of carbonyl (C=O) groups is 4. The average molecular weight is 401 g/mol. The average Bonchev–Trinajstić information content (AvgIpc) is 2.84. The van der Waals surface area contributed by atoms with Crippen LogP contribution in [0.1, 0.15) is 26.3 Å². The monoisotopic (exact) mass is 401 g/mol. The van der Waals surface area contributed by atoms with Gasteiger partial charge in [-0.15, -0.1) is 0 Å². The molecule has 2 heterocycles. The number of fused-ring (bicyclic) bond motifs is 1. The highest BCUT2D eigenvalue weighted by Gasteiger charge is 2.45. The van der Waals surface area contributed by atoms with Gasteiger partial charge in [-0.3, -0.25) is 24.7 Å². The van der Waals surface area contributed by atoms with Gasteiger partial charge in [0.25, 0.3) is 0 Å². The number of hydrogen-bond donors (Lipinski definition) is 1. The predicted molar refractivity (Wildman–Crippen MR) is 101 cm³/mol. The number of carbonyl (C=O) groups excluding carboxylic acids is 4. The topological polar surface area (TPSA) is 126 Å². The van der Waals surface area contributed by atoms with Crippen LogP contribution in [0.3, 0.4) is 0 Å². The van der Waals surface area contributed by atoms with E-state index in [1.807, 2.05) is 0 Å². The summed E-state index contributed by atoms with van der Waals surface area (Å²) in [5.41, 5.74) is 0.115. The first-order valence-corrected chi connectivity index (χ1v) is 8.92. The second kappa shape index (κ2) is 7.74. The van der Waals surface area contributed by atoms with Gasteiger partial charge in [0.2, 0.25) is 0 Å². The maximum absolute atomic E-state index is 12.5. The van der Waals surface area contributed by atoms with Crippen LogP contribution in [0.2, 0.25) is 0 Å². The molecule has 0 saturated carbocycles. The SMILES string of the molecule is CCOC(=O)Nc1ccc2c(CN3C(=O)C(=O)N(C(C)C)C3=O)cc(=O)oc2c1. The molecule has 1 aromatic carbocycles. The normalized spacial score (nSPS) is 14.3. The summed E-state index contributed by atoms with van der Waals surface area (Å²) in [7, 11) is 0. The van der Waals surface area contributed by atoms with E-state index in [1.165, 1.54) is 6.07 Å². The van der Waals surface area contributed by atoms with Crippen LogP contribution in [-0.2, 0) is 20.9 Å². The molecule has 5 amide bonds. The Kier molecular flexibility index (Phi) is 5.35. The summed E-state index contributed by atoms with van der Waals surface area (Å²) in [6.45, 7) is 4.84. The van der Waals surface area contributed by atoms with E-state index in [4.69, 9.17) is 9.15 Å². The zero-order chi connectivity index (χ0) is 21.3. The minimum absolute atomic E-state index is 0.146. The van der Waals surface area contributed by atoms with Crippen molar-refractivity contribution in [3.05, 3.63) is 40.2 Å². The molecule has 0 unspecified atom stereocenters. The Morgan fingerprint density at radius 2 is 1.86 bits per heavy atom. The van der Waals surface area contributed by atoms with Crippen molar-refractivity contribution in [2.24, 2.45) is 0 Å². The molecule has 0 atom stereocenters. The van der Waals surface area contributed by atoms with Crippen LogP contribution in [0.25, 0.3) is 11.0 Å². The van der Waals surface area contributed by atoms with Crippen molar-refractivity contribution in [2.45, 2.75) is 33.4 Å². The number of rotatable bonds is 5. The molecule has 0 radical (unpaired) electrons. The summed E-state index contributed by atoms with van der Waals surface area (Å²) >= 11 is 0. The van der Waals surface area contributed by atoms with Crippen molar-refractivity contribution in [1.29, 1.82) is 0 Å². The lowest BCUT2D eigenvalue weighted by Gasteiger charge is -2.18. The minimum atomic E-state index is -0.953. The van der Waals surface area contributed by atoms with Gasteiger partial charge >= 0.3 is 29.6 Å². The molecule has 0 bridgehead atoms. The Labute approximate surface area is 165 Å². The predicted octanol–water partition coefficient (Wildman–Crippen LogP) is 2.06. The first kappa shape index (κ1) is 20.1. The molecule has 10 heteroatoms. The Hall–Kier alpha value is -3.69. The summed E-state index contributed by atoms with van der Waals surface area (Å²) in [5, 5.41) is 2.95. The van der Waals surface area contributed by atoms with E-state index < -0.39 is 35.6 Å². The highest BCUT2D eigenvalue weighted by atomic mass is 16.5. The number of imide groups is 2. The largest absolute Gasteiger partial charge is 0.450 e. The molecule has 2 aromatic rings. The van der Waals surface area contributed by atoms with E-state index >= 15 is 0 Å². The quantitative estimate of drug-likeness (QED) is 0.462. The summed E-state index contributed by atoms with van der Waals surface area (Å²) in [6, 6.07) is 4.50. The van der Waals surface area contributed by atoms with E-state index in [0.717, 1.165) is 15.9 Å². The maximum Gasteiger partial charge on any atom is 0.411 e. The molecule has 1 aliphatic rings. The number of nitrogens with zero attached hydrogens (tertiary/aromatic N) is 2. The molecule has 3 rings (SSSR count). The summed E-state index contributed by atoms with van der Waals surface area (Å²) in [6.07, 6.45) is -0.661. The lowest BCUT2D eigenvalue weighted by Crippen LogP contribution is -2.38. The van der Waals surface area contributed by atoms with Gasteiger partial charge in [0, 0.05) is 29.2 Å². The highest BCUT2D eigenvalue weighted by molar-refractivity contribution is 6.44. The van der Waals surface area contributed by atoms with Crippen LogP contribution >= 0.6 is 0 Å². The summed E-state index contributed by atoms with van der Waals surface area (Å²) in [4.78, 5) is 62.0. The maximum atomic E-state index is 12.5. The zero-order valence-electron chi connectivity index (χ0n) is 16.1. The van der Waals surface area contributed by atoms with Crippen LogP contribution in [0.15, 0.2) is 33.5 Å². The molecular weight excluding hydrogens is 382 g/mol. The fourth-order valence-electron chi connectivity index (χ4n) is 3.01. The fraction of sp³-hybridized carbons (Fsp3) is 0.316. The lowest BCUT2D eigenvalue weighted by molar-refractivity contribution is -0.144. The minimum Gasteiger partial charge on any atom is -0.450 e. The molecule has 1 saturated heterocycles. The van der Waals surface area contributed by atoms with Crippen LogP contribution in [-0.4, -0.2) is 46.4 Å². The second-order valence-electron chi connectivity index (χ2n) is 6.59. The smallest absolute Gasteiger partial charge is 0.411 e. The van der Waals surface area contributed by atoms with Gasteiger partial charge in [0.15, 0.2) is 0 Å². The first-order chi connectivity index (χ1) is 13.7. The van der Waals surface area contributed by atoms with E-state index in [2.05, 4.69) is 5.32 Å². The van der Waals surface area contributed by atoms with Gasteiger partial charge < -0.3 is 9.15 Å². The van der Waals surface area contributed by atoms with Gasteiger partial charge in [-0.1, -0.05) is 0 Å². The van der Waals surface area contributed by atoms with Crippen LogP contribution in [0.5, 0.6) is 0 Å². The zero-order valence-corrected chi connectivity index (χ0v) is 16.1. The number of nitrogens with one attached hydrogen (secondary N) is 1. The number of hydrogen-bond acceptors (Lipinski definition) is 7. The highest BCUT2D eigenvalue weighted by Crippen LogP contribution is 2.25. The van der Waals surface area contributed by atoms with Crippen LogP contribution < -0.4 is 10.9 Å². The molecule has 152 valence electrons. The Morgan fingerprint density at radius 1 is 1.14 bits per heavy atom. The first-order valence-electron chi connectivity index (χ1n) is 8.92. The Morgan fingerprint density at radius 3 is 2.48 bits per heavy atom. The molecular formula is C19H19N3O7. The van der Waals surface area contributed by atoms with Gasteiger partial charge in [-0.05, 0) is 38.5 Å². The van der Waals surface area contributed by atoms with Gasteiger partial charge in [-0.25, -0.2) is 14.4 Å². The van der Waals surface area contributed by atoms with Crippen molar-refractivity contribution < 1.29 is 28.3 Å². The third kappa shape index (κ3) is 3.82. The summed E-state index contributed by atoms with van der Waals surface area (Å²) in [5.74, 6) is -1.86. The molecule has 10 nitrogen and oxygen atoms in total. The van der Waals surface area contributed by atoms with E-state index in [1.54, 1.807) is 32.9 Å². The van der Waals surface area contributed by atoms with Crippen molar-refractivity contribution in [2.75, 3.05) is 11.9 Å². The Bertz CT molecular complexity index is 1070. The van der Waals surface area contributed by atoms with Crippen molar-refractivity contribution >= 4 is 40.6 Å². The van der Waals surface area contributed by atoms with Gasteiger partial charge in [0.1, 0.15) is 5.58 Å². The van der Waals surface area contributed by atoms with Crippen molar-refractivity contribution in [1.82, 2.24) is 9.80 Å². The van der Waals surface area contributed by atoms with E-state index in [-0.39, 0.29) is 18.7 Å². The van der Waals surface area contributed by atoms with E-state index in [9.17, 15) is 24.0 Å². The molecule has 1 fully saturated rings. The standard InChI is InChI=1S/C19H19N3O7/c1-4-28-18(26)20-12-5-6-13-11(7-15(23)29-14(13)8-12)9-21-16(24)17(25)22(10(2)3)19(21)27/h5-8,10H,4,9H2,1-3H3,(H,20,26). The third-order valence-corrected chi connectivity index (χ3v) is 4.28. The number of urea groups is 1. The van der Waals surface area contributed by atoms with Gasteiger partial charge in [0.05, 0.1) is 13.2 Å². The lowest BCUT2D eigenvalue weighted by atomic mass is 10.1. The van der Waals surface area contributed by atoms with Crippen LogP contribution in [0, 0.1) is 0 Å². The molecule has 1 N–H and O–H groups in total. The fourth-order valence-corrected chi connectivity index (χ4v) is 3.01. The second-order valence-corrected chi connectivity index (χ2v) is 6.59. The Balaban J connectivity index is 1.95. The molecule has 1 aliphatic heterocycles. The third-order valence-electron chi connectivity index (χ3n) is 4.28. The van der Waals surface area contributed by atoms with Gasteiger partial charge in [-0.2, -0.15) is 0 Å². The number of amides is 5. The van der Waals surface area contributed by atoms with Crippen molar-refractivity contribution in [3.63, 3.8) is 0 Å². The molecule has 0 spiro atoms. The number of ether oxygens (including phenoxy) is 1. The summed E-state index contributed by atoms with van der Waals surface area (Å²) < 4.78 is 9.97. The number of anilines is 1. The molecule has 29 heavy (non-hydrogen) atoms. The van der Waals surface area contributed by atoms with Crippen LogP contribution in [0.4, 0.5) is 15.3 Å². The van der Waals surface area contributed by atoms with Crippen molar-refractivity contribution in [3.8, 4) is 0 Å².